The third-order valence-corrected chi connectivity index (χ3v) is 3.28. The zero-order chi connectivity index (χ0) is 13.8. The minimum absolute atomic E-state index is 0.0761. The second kappa shape index (κ2) is 5.73. The Morgan fingerprint density at radius 3 is 2.74 bits per heavy atom. The fourth-order valence-corrected chi connectivity index (χ4v) is 2.20. The Morgan fingerprint density at radius 2 is 2.11 bits per heavy atom. The van der Waals surface area contributed by atoms with E-state index in [4.69, 9.17) is 0 Å². The van der Waals surface area contributed by atoms with Crippen LogP contribution < -0.4 is 10.6 Å². The van der Waals surface area contributed by atoms with Crippen molar-refractivity contribution in [3.8, 4) is 0 Å². The lowest BCUT2D eigenvalue weighted by Gasteiger charge is -2.34. The summed E-state index contributed by atoms with van der Waals surface area (Å²) in [4.78, 5) is 25.5. The van der Waals surface area contributed by atoms with Crippen molar-refractivity contribution in [3.63, 3.8) is 0 Å². The number of piperazine rings is 1. The molecule has 5 heteroatoms. The van der Waals surface area contributed by atoms with E-state index in [2.05, 4.69) is 10.6 Å². The summed E-state index contributed by atoms with van der Waals surface area (Å²) in [5.74, 6) is -0.0761. The van der Waals surface area contributed by atoms with Gasteiger partial charge in [-0.2, -0.15) is 0 Å². The van der Waals surface area contributed by atoms with E-state index in [1.54, 1.807) is 4.90 Å². The number of urea groups is 1. The molecule has 0 spiro atoms. The van der Waals surface area contributed by atoms with Crippen LogP contribution in [0.2, 0.25) is 0 Å². The summed E-state index contributed by atoms with van der Waals surface area (Å²) >= 11 is 0. The third-order valence-electron chi connectivity index (χ3n) is 3.28. The molecule has 1 aromatic carbocycles. The number of amides is 3. The molecular formula is C14H19N3O2. The van der Waals surface area contributed by atoms with Crippen LogP contribution in [0, 0.1) is 6.92 Å². The Morgan fingerprint density at radius 1 is 1.42 bits per heavy atom. The average molecular weight is 261 g/mol. The van der Waals surface area contributed by atoms with Crippen LogP contribution in [0.5, 0.6) is 0 Å². The van der Waals surface area contributed by atoms with E-state index < -0.39 is 0 Å². The summed E-state index contributed by atoms with van der Waals surface area (Å²) in [6.45, 7) is 4.95. The maximum absolute atomic E-state index is 12.2. The van der Waals surface area contributed by atoms with Gasteiger partial charge >= 0.3 is 6.03 Å². The van der Waals surface area contributed by atoms with Crippen molar-refractivity contribution in [2.45, 2.75) is 26.3 Å². The highest BCUT2D eigenvalue weighted by molar-refractivity contribution is 5.94. The number of carbonyl (C=O) groups excluding carboxylic acids is 2. The third kappa shape index (κ3) is 3.05. The molecule has 1 saturated heterocycles. The quantitative estimate of drug-likeness (QED) is 0.851. The standard InChI is InChI=1S/C14H19N3O2/c1-3-12-13(18)15-8-9-17(12)14(19)16-11-6-4-10(2)5-7-11/h4-7,12H,3,8-9H2,1-2H3,(H,15,18)(H,16,19). The Kier molecular flexibility index (Phi) is 4.04. The van der Waals surface area contributed by atoms with E-state index in [-0.39, 0.29) is 18.0 Å². The lowest BCUT2D eigenvalue weighted by atomic mass is 10.1. The summed E-state index contributed by atoms with van der Waals surface area (Å²) in [7, 11) is 0. The maximum atomic E-state index is 12.2. The molecule has 0 saturated carbocycles. The first-order valence-corrected chi connectivity index (χ1v) is 6.54. The largest absolute Gasteiger partial charge is 0.353 e. The van der Waals surface area contributed by atoms with Gasteiger partial charge in [0.1, 0.15) is 6.04 Å². The van der Waals surface area contributed by atoms with E-state index >= 15 is 0 Å². The van der Waals surface area contributed by atoms with Gasteiger partial charge in [-0.25, -0.2) is 4.79 Å². The highest BCUT2D eigenvalue weighted by Gasteiger charge is 2.31. The highest BCUT2D eigenvalue weighted by atomic mass is 16.2. The highest BCUT2D eigenvalue weighted by Crippen LogP contribution is 2.13. The molecule has 102 valence electrons. The zero-order valence-corrected chi connectivity index (χ0v) is 11.3. The number of rotatable bonds is 2. The predicted octanol–water partition coefficient (Wildman–Crippen LogP) is 1.74. The predicted molar refractivity (Wildman–Crippen MR) is 74.0 cm³/mol. The molecule has 3 amide bonds. The number of nitrogens with zero attached hydrogens (tertiary/aromatic N) is 1. The molecule has 0 aliphatic carbocycles. The number of hydrogen-bond acceptors (Lipinski definition) is 2. The van der Waals surface area contributed by atoms with Gasteiger partial charge in [0, 0.05) is 18.8 Å². The van der Waals surface area contributed by atoms with Gasteiger partial charge < -0.3 is 15.5 Å². The first kappa shape index (κ1) is 13.4. The van der Waals surface area contributed by atoms with E-state index in [0.29, 0.717) is 19.5 Å². The molecule has 1 heterocycles. The minimum Gasteiger partial charge on any atom is -0.353 e. The lowest BCUT2D eigenvalue weighted by Crippen LogP contribution is -2.57. The van der Waals surface area contributed by atoms with E-state index in [1.807, 2.05) is 38.1 Å². The number of carbonyl (C=O) groups is 2. The van der Waals surface area contributed by atoms with Gasteiger partial charge in [0.2, 0.25) is 5.91 Å². The van der Waals surface area contributed by atoms with E-state index in [1.165, 1.54) is 0 Å². The molecule has 5 nitrogen and oxygen atoms in total. The van der Waals surface area contributed by atoms with Gasteiger partial charge in [0.25, 0.3) is 0 Å². The molecule has 2 rings (SSSR count). The molecule has 1 fully saturated rings. The summed E-state index contributed by atoms with van der Waals surface area (Å²) in [5, 5.41) is 5.61. The van der Waals surface area contributed by atoms with Crippen LogP contribution in [0.15, 0.2) is 24.3 Å². The van der Waals surface area contributed by atoms with Crippen molar-refractivity contribution in [3.05, 3.63) is 29.8 Å². The first-order chi connectivity index (χ1) is 9.11. The number of anilines is 1. The minimum atomic E-state index is -0.376. The maximum Gasteiger partial charge on any atom is 0.322 e. The second-order valence-corrected chi connectivity index (χ2v) is 4.70. The van der Waals surface area contributed by atoms with Gasteiger partial charge in [-0.1, -0.05) is 24.6 Å². The van der Waals surface area contributed by atoms with Crippen LogP contribution in [-0.4, -0.2) is 36.0 Å². The van der Waals surface area contributed by atoms with Crippen molar-refractivity contribution in [1.29, 1.82) is 0 Å². The van der Waals surface area contributed by atoms with Crippen LogP contribution in [0.4, 0.5) is 10.5 Å². The van der Waals surface area contributed by atoms with Gasteiger partial charge in [0.15, 0.2) is 0 Å². The molecule has 2 N–H and O–H groups in total. The molecule has 1 aliphatic rings. The molecule has 19 heavy (non-hydrogen) atoms. The fraction of sp³-hybridized carbons (Fsp3) is 0.429. The van der Waals surface area contributed by atoms with E-state index in [0.717, 1.165) is 11.3 Å². The average Bonchev–Trinajstić information content (AvgIpc) is 2.41. The van der Waals surface area contributed by atoms with Crippen LogP contribution in [0.3, 0.4) is 0 Å². The first-order valence-electron chi connectivity index (χ1n) is 6.54. The van der Waals surface area contributed by atoms with E-state index in [9.17, 15) is 9.59 Å². The topological polar surface area (TPSA) is 61.4 Å². The number of benzene rings is 1. The molecule has 1 aliphatic heterocycles. The molecule has 0 bridgehead atoms. The monoisotopic (exact) mass is 261 g/mol. The van der Waals surface area contributed by atoms with Gasteiger partial charge in [-0.3, -0.25) is 4.79 Å². The number of hydrogen-bond donors (Lipinski definition) is 2. The Labute approximate surface area is 113 Å². The molecule has 0 radical (unpaired) electrons. The van der Waals surface area contributed by atoms with Gasteiger partial charge in [0.05, 0.1) is 0 Å². The summed E-state index contributed by atoms with van der Waals surface area (Å²) in [6.07, 6.45) is 0.618. The molecule has 1 atom stereocenters. The van der Waals surface area contributed by atoms with Crippen LogP contribution in [0.25, 0.3) is 0 Å². The van der Waals surface area contributed by atoms with Crippen molar-refractivity contribution in [2.75, 3.05) is 18.4 Å². The Bertz CT molecular complexity index is 470. The summed E-state index contributed by atoms with van der Waals surface area (Å²) in [5.41, 5.74) is 1.89. The Balaban J connectivity index is 2.06. The zero-order valence-electron chi connectivity index (χ0n) is 11.3. The van der Waals surface area contributed by atoms with Crippen molar-refractivity contribution in [1.82, 2.24) is 10.2 Å². The van der Waals surface area contributed by atoms with Crippen LogP contribution >= 0.6 is 0 Å². The van der Waals surface area contributed by atoms with Crippen molar-refractivity contribution in [2.24, 2.45) is 0 Å². The Hall–Kier alpha value is -2.04. The van der Waals surface area contributed by atoms with Crippen LogP contribution in [0.1, 0.15) is 18.9 Å². The lowest BCUT2D eigenvalue weighted by molar-refractivity contribution is -0.127. The van der Waals surface area contributed by atoms with Crippen molar-refractivity contribution >= 4 is 17.6 Å². The summed E-state index contributed by atoms with van der Waals surface area (Å²) < 4.78 is 0. The number of nitrogens with one attached hydrogen (secondary N) is 2. The molecular weight excluding hydrogens is 242 g/mol. The van der Waals surface area contributed by atoms with Crippen molar-refractivity contribution < 1.29 is 9.59 Å². The van der Waals surface area contributed by atoms with Gasteiger partial charge in [-0.15, -0.1) is 0 Å². The smallest absolute Gasteiger partial charge is 0.322 e. The fourth-order valence-electron chi connectivity index (χ4n) is 2.20. The molecule has 0 aromatic heterocycles. The molecule has 1 aromatic rings. The summed E-state index contributed by atoms with van der Waals surface area (Å²) in [6, 6.07) is 7.01. The normalized spacial score (nSPS) is 18.9. The van der Waals surface area contributed by atoms with Gasteiger partial charge in [-0.05, 0) is 25.5 Å². The SMILES string of the molecule is CCC1C(=O)NCCN1C(=O)Nc1ccc(C)cc1. The molecule has 1 unspecified atom stereocenters. The number of aryl methyl sites for hydroxylation is 1. The second-order valence-electron chi connectivity index (χ2n) is 4.70. The van der Waals surface area contributed by atoms with Crippen LogP contribution in [-0.2, 0) is 4.79 Å².